The highest BCUT2D eigenvalue weighted by molar-refractivity contribution is 7.14. The predicted octanol–water partition coefficient (Wildman–Crippen LogP) is 5.08. The number of hydrogen-bond acceptors (Lipinski definition) is 2. The molecule has 0 radical (unpaired) electrons. The molecule has 1 amide bonds. The molecule has 0 N–H and O–H groups in total. The summed E-state index contributed by atoms with van der Waals surface area (Å²) in [6.45, 7) is 0.174. The lowest BCUT2D eigenvalue weighted by Crippen LogP contribution is -2.26. The number of fused-ring (bicyclic) bond motifs is 1. The van der Waals surface area contributed by atoms with Crippen molar-refractivity contribution in [3.8, 4) is 0 Å². The molecule has 1 aliphatic rings. The summed E-state index contributed by atoms with van der Waals surface area (Å²) in [5.41, 5.74) is 1.68. The molecule has 122 valence electrons. The Morgan fingerprint density at radius 3 is 2.87 bits per heavy atom. The minimum atomic E-state index is -0.376. The second kappa shape index (κ2) is 7.02. The van der Waals surface area contributed by atoms with Gasteiger partial charge in [0.1, 0.15) is 5.82 Å². The number of amides is 1. The van der Waals surface area contributed by atoms with Crippen molar-refractivity contribution >= 4 is 28.8 Å². The van der Waals surface area contributed by atoms with Gasteiger partial charge in [0.05, 0.1) is 11.4 Å². The number of aryl methyl sites for hydroxylation is 2. The van der Waals surface area contributed by atoms with Crippen molar-refractivity contribution in [1.29, 1.82) is 0 Å². The van der Waals surface area contributed by atoms with Crippen LogP contribution in [0.15, 0.2) is 24.3 Å². The molecule has 1 aromatic heterocycles. The summed E-state index contributed by atoms with van der Waals surface area (Å²) in [6, 6.07) is 6.60. The lowest BCUT2D eigenvalue weighted by molar-refractivity contribution is 0.0788. The number of carbonyl (C=O) groups excluding carboxylic acids is 1. The lowest BCUT2D eigenvalue weighted by atomic mass is 10.1. The average Bonchev–Trinajstić information content (AvgIpc) is 2.81. The van der Waals surface area contributed by atoms with Crippen molar-refractivity contribution in [1.82, 2.24) is 4.90 Å². The van der Waals surface area contributed by atoms with Crippen LogP contribution in [0.25, 0.3) is 0 Å². The van der Waals surface area contributed by atoms with Crippen LogP contribution in [-0.2, 0) is 19.4 Å². The molecule has 1 aliphatic carbocycles. The van der Waals surface area contributed by atoms with Crippen LogP contribution in [0.2, 0.25) is 5.02 Å². The largest absolute Gasteiger partial charge is 0.337 e. The number of thiophene rings is 1. The second-order valence-corrected chi connectivity index (χ2v) is 7.53. The number of rotatable bonds is 3. The van der Waals surface area contributed by atoms with Gasteiger partial charge in [0.2, 0.25) is 0 Å². The highest BCUT2D eigenvalue weighted by atomic mass is 35.5. The smallest absolute Gasteiger partial charge is 0.263 e. The number of carbonyl (C=O) groups is 1. The van der Waals surface area contributed by atoms with Gasteiger partial charge in [-0.05, 0) is 49.4 Å². The number of halogens is 2. The molecule has 0 bridgehead atoms. The molecule has 5 heteroatoms. The lowest BCUT2D eigenvalue weighted by Gasteiger charge is -2.17. The fourth-order valence-corrected chi connectivity index (χ4v) is 4.42. The Morgan fingerprint density at radius 2 is 2.09 bits per heavy atom. The van der Waals surface area contributed by atoms with E-state index < -0.39 is 0 Å². The summed E-state index contributed by atoms with van der Waals surface area (Å²) in [5, 5.41) is 0.353. The Morgan fingerprint density at radius 1 is 1.30 bits per heavy atom. The van der Waals surface area contributed by atoms with Gasteiger partial charge in [0, 0.05) is 22.5 Å². The maximum atomic E-state index is 13.9. The summed E-state index contributed by atoms with van der Waals surface area (Å²) in [6.07, 6.45) is 5.77. The molecule has 2 aromatic rings. The van der Waals surface area contributed by atoms with Gasteiger partial charge < -0.3 is 4.90 Å². The van der Waals surface area contributed by atoms with Crippen LogP contribution < -0.4 is 0 Å². The van der Waals surface area contributed by atoms with Crippen molar-refractivity contribution in [3.05, 3.63) is 56.0 Å². The molecule has 2 nitrogen and oxygen atoms in total. The maximum absolute atomic E-state index is 13.9. The molecule has 0 saturated carbocycles. The van der Waals surface area contributed by atoms with Gasteiger partial charge in [0.25, 0.3) is 5.91 Å². The van der Waals surface area contributed by atoms with Crippen molar-refractivity contribution in [3.63, 3.8) is 0 Å². The zero-order valence-electron chi connectivity index (χ0n) is 13.1. The average molecular weight is 352 g/mol. The third kappa shape index (κ3) is 3.59. The van der Waals surface area contributed by atoms with E-state index in [-0.39, 0.29) is 18.3 Å². The zero-order valence-corrected chi connectivity index (χ0v) is 14.6. The first-order valence-electron chi connectivity index (χ1n) is 7.86. The van der Waals surface area contributed by atoms with Crippen LogP contribution in [0.3, 0.4) is 0 Å². The van der Waals surface area contributed by atoms with E-state index in [0.29, 0.717) is 10.6 Å². The van der Waals surface area contributed by atoms with Crippen LogP contribution in [0.5, 0.6) is 0 Å². The Hall–Kier alpha value is -1.39. The quantitative estimate of drug-likeness (QED) is 0.706. The molecule has 0 fully saturated rings. The SMILES string of the molecule is CN(Cc1c(F)cccc1Cl)C(=O)c1cc2c(s1)CCCCC2. The first-order valence-corrected chi connectivity index (χ1v) is 9.05. The third-order valence-corrected chi connectivity index (χ3v) is 5.84. The van der Waals surface area contributed by atoms with Gasteiger partial charge in [-0.1, -0.05) is 24.1 Å². The van der Waals surface area contributed by atoms with E-state index in [0.717, 1.165) is 17.7 Å². The van der Waals surface area contributed by atoms with Crippen LogP contribution in [0.1, 0.15) is 44.9 Å². The first kappa shape index (κ1) is 16.5. The van der Waals surface area contributed by atoms with Gasteiger partial charge >= 0.3 is 0 Å². The molecule has 1 aromatic carbocycles. The standard InChI is InChI=1S/C18H19ClFNOS/c1-21(11-13-14(19)7-5-8-15(13)20)18(22)17-10-12-6-3-2-4-9-16(12)23-17/h5,7-8,10H,2-4,6,9,11H2,1H3. The molecule has 1 heterocycles. The van der Waals surface area contributed by atoms with Gasteiger partial charge in [-0.25, -0.2) is 4.39 Å². The minimum absolute atomic E-state index is 0.0672. The fourth-order valence-electron chi connectivity index (χ4n) is 2.95. The first-order chi connectivity index (χ1) is 11.1. The van der Waals surface area contributed by atoms with Crippen molar-refractivity contribution in [2.45, 2.75) is 38.6 Å². The minimum Gasteiger partial charge on any atom is -0.337 e. The molecule has 0 unspecified atom stereocenters. The van der Waals surface area contributed by atoms with E-state index in [1.807, 2.05) is 6.07 Å². The van der Waals surface area contributed by atoms with Crippen molar-refractivity contribution in [2.75, 3.05) is 7.05 Å². The molecule has 0 atom stereocenters. The summed E-state index contributed by atoms with van der Waals surface area (Å²) in [7, 11) is 1.69. The van der Waals surface area contributed by atoms with E-state index in [2.05, 4.69) is 0 Å². The Balaban J connectivity index is 1.77. The van der Waals surface area contributed by atoms with Gasteiger partial charge in [-0.3, -0.25) is 4.79 Å². The molecule has 23 heavy (non-hydrogen) atoms. The maximum Gasteiger partial charge on any atom is 0.263 e. The number of hydrogen-bond donors (Lipinski definition) is 0. The van der Waals surface area contributed by atoms with Crippen molar-refractivity contribution in [2.24, 2.45) is 0 Å². The second-order valence-electron chi connectivity index (χ2n) is 5.98. The number of benzene rings is 1. The highest BCUT2D eigenvalue weighted by Crippen LogP contribution is 2.30. The summed E-state index contributed by atoms with van der Waals surface area (Å²) in [4.78, 5) is 16.3. The van der Waals surface area contributed by atoms with Crippen LogP contribution in [0.4, 0.5) is 4.39 Å². The van der Waals surface area contributed by atoms with Gasteiger partial charge in [-0.2, -0.15) is 0 Å². The normalized spacial score (nSPS) is 14.2. The Kier molecular flexibility index (Phi) is 5.02. The molecule has 0 spiro atoms. The van der Waals surface area contributed by atoms with E-state index in [1.54, 1.807) is 30.5 Å². The predicted molar refractivity (Wildman–Crippen MR) is 92.8 cm³/mol. The van der Waals surface area contributed by atoms with Crippen LogP contribution in [0, 0.1) is 5.82 Å². The van der Waals surface area contributed by atoms with Crippen LogP contribution in [-0.4, -0.2) is 17.9 Å². The molecular formula is C18H19ClFNOS. The van der Waals surface area contributed by atoms with E-state index >= 15 is 0 Å². The van der Waals surface area contributed by atoms with Crippen molar-refractivity contribution < 1.29 is 9.18 Å². The van der Waals surface area contributed by atoms with Gasteiger partial charge in [-0.15, -0.1) is 11.3 Å². The summed E-state index contributed by atoms with van der Waals surface area (Å²) < 4.78 is 13.9. The molecule has 0 saturated heterocycles. The third-order valence-electron chi connectivity index (χ3n) is 4.26. The van der Waals surface area contributed by atoms with E-state index in [4.69, 9.17) is 11.6 Å². The zero-order chi connectivity index (χ0) is 16.4. The van der Waals surface area contributed by atoms with E-state index in [9.17, 15) is 9.18 Å². The summed E-state index contributed by atoms with van der Waals surface area (Å²) >= 11 is 7.64. The monoisotopic (exact) mass is 351 g/mol. The summed E-state index contributed by atoms with van der Waals surface area (Å²) in [5.74, 6) is -0.443. The van der Waals surface area contributed by atoms with Crippen LogP contribution >= 0.6 is 22.9 Å². The molecule has 3 rings (SSSR count). The number of nitrogens with zero attached hydrogens (tertiary/aromatic N) is 1. The Labute approximate surface area is 144 Å². The topological polar surface area (TPSA) is 20.3 Å². The van der Waals surface area contributed by atoms with E-state index in [1.165, 1.54) is 40.7 Å². The van der Waals surface area contributed by atoms with Gasteiger partial charge in [0.15, 0.2) is 0 Å². The molecule has 0 aliphatic heterocycles. The fraction of sp³-hybridized carbons (Fsp3) is 0.389. The molecular weight excluding hydrogens is 333 g/mol. The highest BCUT2D eigenvalue weighted by Gasteiger charge is 2.20. The Bertz CT molecular complexity index is 684.